The van der Waals surface area contributed by atoms with E-state index in [2.05, 4.69) is 36.5 Å². The molecule has 0 fully saturated rings. The molecule has 3 rings (SSSR count). The van der Waals surface area contributed by atoms with Crippen molar-refractivity contribution in [2.75, 3.05) is 12.9 Å². The van der Waals surface area contributed by atoms with E-state index in [1.807, 2.05) is 24.3 Å². The van der Waals surface area contributed by atoms with Crippen LogP contribution in [0.1, 0.15) is 35.1 Å². The van der Waals surface area contributed by atoms with Crippen LogP contribution in [0.25, 0.3) is 0 Å². The van der Waals surface area contributed by atoms with Crippen molar-refractivity contribution in [1.82, 2.24) is 5.43 Å². The van der Waals surface area contributed by atoms with Crippen LogP contribution in [0, 0.1) is 13.8 Å². The minimum Gasteiger partial charge on any atom is -0.497 e. The van der Waals surface area contributed by atoms with Crippen molar-refractivity contribution in [2.24, 2.45) is 5.10 Å². The molecular formula is C21H24N2O2S. The van der Waals surface area contributed by atoms with Gasteiger partial charge in [-0.25, -0.2) is 5.43 Å². The first kappa shape index (κ1) is 18.5. The predicted octanol–water partition coefficient (Wildman–Crippen LogP) is 4.26. The molecule has 1 N–H and O–H groups in total. The van der Waals surface area contributed by atoms with E-state index in [1.54, 1.807) is 7.11 Å². The summed E-state index contributed by atoms with van der Waals surface area (Å²) in [5.41, 5.74) is 8.42. The molecule has 0 spiro atoms. The molecule has 26 heavy (non-hydrogen) atoms. The second kappa shape index (κ2) is 8.41. The van der Waals surface area contributed by atoms with Crippen LogP contribution >= 0.6 is 11.8 Å². The van der Waals surface area contributed by atoms with Gasteiger partial charge in [-0.15, -0.1) is 11.8 Å². The number of benzene rings is 2. The fourth-order valence-corrected chi connectivity index (χ4v) is 4.08. The van der Waals surface area contributed by atoms with Crippen LogP contribution in [0.5, 0.6) is 5.75 Å². The van der Waals surface area contributed by atoms with Crippen molar-refractivity contribution >= 4 is 23.4 Å². The van der Waals surface area contributed by atoms with Gasteiger partial charge in [-0.05, 0) is 68.0 Å². The third-order valence-corrected chi connectivity index (χ3v) is 5.72. The van der Waals surface area contributed by atoms with E-state index in [9.17, 15) is 4.79 Å². The van der Waals surface area contributed by atoms with Gasteiger partial charge in [0.15, 0.2) is 0 Å². The number of carbonyl (C=O) groups is 1. The van der Waals surface area contributed by atoms with Crippen LogP contribution in [0.15, 0.2) is 46.4 Å². The quantitative estimate of drug-likeness (QED) is 0.634. The molecule has 2 aromatic carbocycles. The van der Waals surface area contributed by atoms with Gasteiger partial charge in [-0.3, -0.25) is 4.79 Å². The van der Waals surface area contributed by atoms with E-state index in [0.29, 0.717) is 5.75 Å². The van der Waals surface area contributed by atoms with Crippen LogP contribution in [0.3, 0.4) is 0 Å². The number of ether oxygens (including phenoxy) is 1. The lowest BCUT2D eigenvalue weighted by Gasteiger charge is -2.21. The molecule has 0 aliphatic heterocycles. The average Bonchev–Trinajstić information content (AvgIpc) is 2.65. The Morgan fingerprint density at radius 3 is 2.77 bits per heavy atom. The minimum absolute atomic E-state index is 0.0796. The number of aryl methyl sites for hydroxylation is 3. The molecule has 0 heterocycles. The molecule has 1 aliphatic carbocycles. The normalized spacial score (nSPS) is 14.8. The third-order valence-electron chi connectivity index (χ3n) is 4.54. The maximum absolute atomic E-state index is 12.2. The van der Waals surface area contributed by atoms with Crippen molar-refractivity contribution in [1.29, 1.82) is 0 Å². The predicted molar refractivity (Wildman–Crippen MR) is 107 cm³/mol. The fourth-order valence-electron chi connectivity index (χ4n) is 3.26. The van der Waals surface area contributed by atoms with E-state index in [0.717, 1.165) is 46.7 Å². The van der Waals surface area contributed by atoms with Gasteiger partial charge in [-0.1, -0.05) is 18.2 Å². The Bertz CT molecular complexity index is 846. The van der Waals surface area contributed by atoms with Gasteiger partial charge in [0.25, 0.3) is 0 Å². The number of carbonyl (C=O) groups excluding carboxylic acids is 1. The molecule has 4 nitrogen and oxygen atoms in total. The van der Waals surface area contributed by atoms with Crippen molar-refractivity contribution in [3.05, 3.63) is 58.7 Å². The van der Waals surface area contributed by atoms with Gasteiger partial charge in [-0.2, -0.15) is 5.10 Å². The SMILES string of the molecule is COc1cc(C)c2c(c1)CCC/C2=N\NC(=O)CSc1ccccc1C. The largest absolute Gasteiger partial charge is 0.497 e. The Kier molecular flexibility index (Phi) is 5.99. The number of hydrazone groups is 1. The molecule has 2 aromatic rings. The maximum Gasteiger partial charge on any atom is 0.250 e. The van der Waals surface area contributed by atoms with Gasteiger partial charge in [0.1, 0.15) is 5.75 Å². The lowest BCUT2D eigenvalue weighted by Crippen LogP contribution is -2.24. The summed E-state index contributed by atoms with van der Waals surface area (Å²) >= 11 is 1.54. The summed E-state index contributed by atoms with van der Waals surface area (Å²) in [6, 6.07) is 12.2. The Labute approximate surface area is 159 Å². The zero-order valence-electron chi connectivity index (χ0n) is 15.5. The van der Waals surface area contributed by atoms with E-state index in [1.165, 1.54) is 22.9 Å². The Morgan fingerprint density at radius 1 is 1.19 bits per heavy atom. The molecule has 0 unspecified atom stereocenters. The first-order chi connectivity index (χ1) is 12.6. The van der Waals surface area contributed by atoms with Crippen molar-refractivity contribution in [2.45, 2.75) is 38.0 Å². The van der Waals surface area contributed by atoms with Crippen LogP contribution in [0.2, 0.25) is 0 Å². The fraction of sp³-hybridized carbons (Fsp3) is 0.333. The highest BCUT2D eigenvalue weighted by Crippen LogP contribution is 2.29. The van der Waals surface area contributed by atoms with Crippen molar-refractivity contribution in [3.8, 4) is 5.75 Å². The Morgan fingerprint density at radius 2 is 2.00 bits per heavy atom. The highest BCUT2D eigenvalue weighted by atomic mass is 32.2. The van der Waals surface area contributed by atoms with E-state index >= 15 is 0 Å². The van der Waals surface area contributed by atoms with Gasteiger partial charge in [0, 0.05) is 10.5 Å². The summed E-state index contributed by atoms with van der Waals surface area (Å²) in [4.78, 5) is 13.3. The number of hydrogen-bond acceptors (Lipinski definition) is 4. The van der Waals surface area contributed by atoms with Crippen LogP contribution in [-0.4, -0.2) is 24.5 Å². The summed E-state index contributed by atoms with van der Waals surface area (Å²) < 4.78 is 5.37. The molecule has 0 saturated carbocycles. The first-order valence-corrected chi connectivity index (χ1v) is 9.78. The number of fused-ring (bicyclic) bond motifs is 1. The Balaban J connectivity index is 1.68. The number of nitrogens with one attached hydrogen (secondary N) is 1. The summed E-state index contributed by atoms with van der Waals surface area (Å²) in [6.07, 6.45) is 2.93. The molecule has 5 heteroatoms. The summed E-state index contributed by atoms with van der Waals surface area (Å²) in [6.45, 7) is 4.12. The number of rotatable bonds is 5. The van der Waals surface area contributed by atoms with Gasteiger partial charge >= 0.3 is 0 Å². The highest BCUT2D eigenvalue weighted by molar-refractivity contribution is 8.00. The second-order valence-electron chi connectivity index (χ2n) is 6.48. The van der Waals surface area contributed by atoms with Crippen LogP contribution < -0.4 is 10.2 Å². The third kappa shape index (κ3) is 4.28. The van der Waals surface area contributed by atoms with Crippen molar-refractivity contribution in [3.63, 3.8) is 0 Å². The molecule has 0 aromatic heterocycles. The standard InChI is InChI=1S/C21H24N2O2S/c1-14-7-4-5-10-19(14)26-13-20(24)23-22-18-9-6-8-16-12-17(25-3)11-15(2)21(16)18/h4-5,7,10-12H,6,8-9,13H2,1-3H3,(H,23,24)/b22-18+. The highest BCUT2D eigenvalue weighted by Gasteiger charge is 2.19. The summed E-state index contributed by atoms with van der Waals surface area (Å²) in [5.74, 6) is 1.15. The zero-order chi connectivity index (χ0) is 18.5. The van der Waals surface area contributed by atoms with Gasteiger partial charge in [0.2, 0.25) is 5.91 Å². The molecular weight excluding hydrogens is 344 g/mol. The molecule has 1 amide bonds. The molecule has 136 valence electrons. The zero-order valence-corrected chi connectivity index (χ0v) is 16.3. The first-order valence-electron chi connectivity index (χ1n) is 8.80. The second-order valence-corrected chi connectivity index (χ2v) is 7.50. The number of methoxy groups -OCH3 is 1. The topological polar surface area (TPSA) is 50.7 Å². The van der Waals surface area contributed by atoms with Crippen LogP contribution in [0.4, 0.5) is 0 Å². The van der Waals surface area contributed by atoms with Gasteiger partial charge < -0.3 is 4.74 Å². The number of thioether (sulfide) groups is 1. The smallest absolute Gasteiger partial charge is 0.250 e. The van der Waals surface area contributed by atoms with E-state index < -0.39 is 0 Å². The molecule has 0 atom stereocenters. The molecule has 0 radical (unpaired) electrons. The molecule has 0 saturated heterocycles. The van der Waals surface area contributed by atoms with Crippen LogP contribution in [-0.2, 0) is 11.2 Å². The average molecular weight is 369 g/mol. The molecule has 0 bridgehead atoms. The van der Waals surface area contributed by atoms with Crippen molar-refractivity contribution < 1.29 is 9.53 Å². The summed E-state index contributed by atoms with van der Waals surface area (Å²) in [5, 5.41) is 4.44. The minimum atomic E-state index is -0.0796. The molecule has 1 aliphatic rings. The van der Waals surface area contributed by atoms with E-state index in [-0.39, 0.29) is 5.91 Å². The number of nitrogens with zero attached hydrogens (tertiary/aromatic N) is 1. The van der Waals surface area contributed by atoms with E-state index in [4.69, 9.17) is 4.74 Å². The van der Waals surface area contributed by atoms with Gasteiger partial charge in [0.05, 0.1) is 18.6 Å². The number of amides is 1. The summed E-state index contributed by atoms with van der Waals surface area (Å²) in [7, 11) is 1.69. The number of hydrogen-bond donors (Lipinski definition) is 1. The Hall–Kier alpha value is -2.27. The maximum atomic E-state index is 12.2. The lowest BCUT2D eigenvalue weighted by molar-refractivity contribution is -0.118. The monoisotopic (exact) mass is 368 g/mol. The lowest BCUT2D eigenvalue weighted by atomic mass is 9.87.